The number of hydrogen-bond donors (Lipinski definition) is 1. The molecule has 0 aromatic carbocycles. The molecule has 1 saturated heterocycles. The lowest BCUT2D eigenvalue weighted by molar-refractivity contribution is 0.204. The first-order valence-corrected chi connectivity index (χ1v) is 6.53. The Morgan fingerprint density at radius 2 is 2.42 bits per heavy atom. The van der Waals surface area contributed by atoms with Crippen molar-refractivity contribution in [3.05, 3.63) is 18.1 Å². The van der Waals surface area contributed by atoms with Gasteiger partial charge < -0.3 is 15.0 Å². The summed E-state index contributed by atoms with van der Waals surface area (Å²) in [5, 5.41) is 12.2. The average Bonchev–Trinajstić information content (AvgIpc) is 2.96. The summed E-state index contributed by atoms with van der Waals surface area (Å²) in [6, 6.07) is 2.47. The van der Waals surface area contributed by atoms with Gasteiger partial charge in [0, 0.05) is 26.2 Å². The van der Waals surface area contributed by atoms with Crippen molar-refractivity contribution >= 4 is 5.82 Å². The molecule has 0 saturated carbocycles. The third-order valence-electron chi connectivity index (χ3n) is 3.25. The van der Waals surface area contributed by atoms with E-state index in [4.69, 9.17) is 10.00 Å². The largest absolute Gasteiger partial charge is 0.383 e. The molecule has 6 nitrogen and oxygen atoms in total. The van der Waals surface area contributed by atoms with Crippen molar-refractivity contribution in [2.24, 2.45) is 0 Å². The van der Waals surface area contributed by atoms with Gasteiger partial charge >= 0.3 is 0 Å². The Morgan fingerprint density at radius 1 is 1.53 bits per heavy atom. The summed E-state index contributed by atoms with van der Waals surface area (Å²) in [6.07, 6.45) is 5.58. The van der Waals surface area contributed by atoms with E-state index in [0.717, 1.165) is 25.5 Å². The number of nitriles is 1. The van der Waals surface area contributed by atoms with Gasteiger partial charge in [0.15, 0.2) is 5.69 Å². The zero-order valence-corrected chi connectivity index (χ0v) is 11.2. The average molecular weight is 261 g/mol. The van der Waals surface area contributed by atoms with Crippen molar-refractivity contribution in [1.82, 2.24) is 15.3 Å². The van der Waals surface area contributed by atoms with Crippen molar-refractivity contribution in [2.45, 2.75) is 18.9 Å². The van der Waals surface area contributed by atoms with Crippen LogP contribution in [0.15, 0.2) is 12.4 Å². The van der Waals surface area contributed by atoms with E-state index in [-0.39, 0.29) is 0 Å². The minimum atomic E-state index is 0.342. The first kappa shape index (κ1) is 13.7. The molecule has 1 N–H and O–H groups in total. The highest BCUT2D eigenvalue weighted by molar-refractivity contribution is 5.37. The maximum atomic E-state index is 8.74. The van der Waals surface area contributed by atoms with Gasteiger partial charge in [-0.25, -0.2) is 9.97 Å². The molecule has 1 aliphatic heterocycles. The van der Waals surface area contributed by atoms with Crippen molar-refractivity contribution in [3.63, 3.8) is 0 Å². The number of methoxy groups -OCH3 is 1. The highest BCUT2D eigenvalue weighted by Gasteiger charge is 2.19. The van der Waals surface area contributed by atoms with Gasteiger partial charge in [-0.05, 0) is 19.4 Å². The number of aromatic nitrogens is 2. The Hall–Kier alpha value is -1.71. The number of ether oxygens (including phenoxy) is 1. The van der Waals surface area contributed by atoms with Crippen LogP contribution >= 0.6 is 0 Å². The molecular formula is C13H19N5O. The van der Waals surface area contributed by atoms with Gasteiger partial charge in [0.25, 0.3) is 0 Å². The molecule has 1 unspecified atom stereocenters. The minimum Gasteiger partial charge on any atom is -0.383 e. The molecule has 2 heterocycles. The monoisotopic (exact) mass is 261 g/mol. The van der Waals surface area contributed by atoms with Gasteiger partial charge in [0.1, 0.15) is 11.9 Å². The third kappa shape index (κ3) is 3.88. The SMILES string of the molecule is COCCN(CC1CCCN1)c1cnc(C#N)cn1. The molecule has 0 bridgehead atoms. The summed E-state index contributed by atoms with van der Waals surface area (Å²) in [5.41, 5.74) is 0.342. The van der Waals surface area contributed by atoms with Crippen molar-refractivity contribution in [3.8, 4) is 6.07 Å². The molecule has 0 spiro atoms. The maximum absolute atomic E-state index is 8.74. The topological polar surface area (TPSA) is 74.1 Å². The highest BCUT2D eigenvalue weighted by atomic mass is 16.5. The molecule has 1 atom stereocenters. The van der Waals surface area contributed by atoms with Crippen LogP contribution in [0.25, 0.3) is 0 Å². The van der Waals surface area contributed by atoms with Crippen LogP contribution in [-0.4, -0.2) is 49.4 Å². The van der Waals surface area contributed by atoms with Crippen LogP contribution in [-0.2, 0) is 4.74 Å². The second-order valence-corrected chi connectivity index (χ2v) is 4.60. The van der Waals surface area contributed by atoms with Crippen LogP contribution in [0.3, 0.4) is 0 Å². The molecule has 0 radical (unpaired) electrons. The van der Waals surface area contributed by atoms with E-state index in [2.05, 4.69) is 20.2 Å². The Labute approximate surface area is 113 Å². The van der Waals surface area contributed by atoms with Crippen LogP contribution in [0.1, 0.15) is 18.5 Å². The number of nitrogens with one attached hydrogen (secondary N) is 1. The van der Waals surface area contributed by atoms with Gasteiger partial charge in [0.05, 0.1) is 19.0 Å². The number of nitrogens with zero attached hydrogens (tertiary/aromatic N) is 4. The quantitative estimate of drug-likeness (QED) is 0.806. The summed E-state index contributed by atoms with van der Waals surface area (Å²) in [6.45, 7) is 3.40. The van der Waals surface area contributed by atoms with Crippen molar-refractivity contribution in [1.29, 1.82) is 5.26 Å². The normalized spacial score (nSPS) is 18.2. The fourth-order valence-corrected chi connectivity index (χ4v) is 2.22. The molecule has 1 aromatic heterocycles. The lowest BCUT2D eigenvalue weighted by Gasteiger charge is -2.26. The minimum absolute atomic E-state index is 0.342. The van der Waals surface area contributed by atoms with Crippen LogP contribution in [0.4, 0.5) is 5.82 Å². The van der Waals surface area contributed by atoms with Gasteiger partial charge in [-0.3, -0.25) is 0 Å². The smallest absolute Gasteiger partial charge is 0.158 e. The fourth-order valence-electron chi connectivity index (χ4n) is 2.22. The van der Waals surface area contributed by atoms with Gasteiger partial charge in [-0.1, -0.05) is 0 Å². The fraction of sp³-hybridized carbons (Fsp3) is 0.615. The molecule has 0 amide bonds. The Balaban J connectivity index is 2.04. The van der Waals surface area contributed by atoms with E-state index < -0.39 is 0 Å². The molecule has 102 valence electrons. The predicted octanol–water partition coefficient (Wildman–Crippen LogP) is 0.553. The second kappa shape index (κ2) is 7.02. The molecule has 19 heavy (non-hydrogen) atoms. The predicted molar refractivity (Wildman–Crippen MR) is 71.9 cm³/mol. The van der Waals surface area contributed by atoms with E-state index in [1.165, 1.54) is 19.0 Å². The van der Waals surface area contributed by atoms with Crippen LogP contribution in [0, 0.1) is 11.3 Å². The molecule has 1 aromatic rings. The summed E-state index contributed by atoms with van der Waals surface area (Å²) in [5.74, 6) is 0.796. The van der Waals surface area contributed by atoms with Crippen molar-refractivity contribution < 1.29 is 4.74 Å². The summed E-state index contributed by atoms with van der Waals surface area (Å²) in [4.78, 5) is 10.5. The molecule has 1 aliphatic rings. The van der Waals surface area contributed by atoms with Crippen molar-refractivity contribution in [2.75, 3.05) is 38.3 Å². The van der Waals surface area contributed by atoms with E-state index >= 15 is 0 Å². The van der Waals surface area contributed by atoms with Crippen LogP contribution < -0.4 is 10.2 Å². The first-order valence-electron chi connectivity index (χ1n) is 6.53. The first-order chi connectivity index (χ1) is 9.33. The lowest BCUT2D eigenvalue weighted by Crippen LogP contribution is -2.39. The Kier molecular flexibility index (Phi) is 5.07. The highest BCUT2D eigenvalue weighted by Crippen LogP contribution is 2.13. The van der Waals surface area contributed by atoms with Gasteiger partial charge in [0.2, 0.25) is 0 Å². The number of anilines is 1. The summed E-state index contributed by atoms with van der Waals surface area (Å²) >= 11 is 0. The maximum Gasteiger partial charge on any atom is 0.158 e. The van der Waals surface area contributed by atoms with E-state index in [0.29, 0.717) is 18.3 Å². The Bertz CT molecular complexity index is 422. The van der Waals surface area contributed by atoms with E-state index in [1.807, 2.05) is 6.07 Å². The molecule has 2 rings (SSSR count). The Morgan fingerprint density at radius 3 is 3.00 bits per heavy atom. The van der Waals surface area contributed by atoms with E-state index in [1.54, 1.807) is 13.3 Å². The molecule has 1 fully saturated rings. The molecule has 0 aliphatic carbocycles. The zero-order chi connectivity index (χ0) is 13.5. The van der Waals surface area contributed by atoms with Gasteiger partial charge in [-0.15, -0.1) is 0 Å². The lowest BCUT2D eigenvalue weighted by atomic mass is 10.2. The summed E-state index contributed by atoms with van der Waals surface area (Å²) in [7, 11) is 1.69. The second-order valence-electron chi connectivity index (χ2n) is 4.60. The van der Waals surface area contributed by atoms with Crippen LogP contribution in [0.2, 0.25) is 0 Å². The zero-order valence-electron chi connectivity index (χ0n) is 11.2. The van der Waals surface area contributed by atoms with E-state index in [9.17, 15) is 0 Å². The van der Waals surface area contributed by atoms with Gasteiger partial charge in [-0.2, -0.15) is 5.26 Å². The molecular weight excluding hydrogens is 242 g/mol. The summed E-state index contributed by atoms with van der Waals surface area (Å²) < 4.78 is 5.14. The standard InChI is InChI=1S/C13H19N5O/c1-19-6-5-18(10-11-3-2-4-15-11)13-9-16-12(7-14)8-17-13/h8-9,11,15H,2-6,10H2,1H3. The number of hydrogen-bond acceptors (Lipinski definition) is 6. The van der Waals surface area contributed by atoms with Crippen LogP contribution in [0.5, 0.6) is 0 Å². The number of rotatable bonds is 6. The third-order valence-corrected chi connectivity index (χ3v) is 3.25. The molecule has 6 heteroatoms.